The minimum absolute atomic E-state index is 0.0174. The van der Waals surface area contributed by atoms with Crippen molar-refractivity contribution in [2.75, 3.05) is 31.6 Å². The molecule has 2 aromatic rings. The van der Waals surface area contributed by atoms with Gasteiger partial charge in [-0.25, -0.2) is 0 Å². The maximum atomic E-state index is 12.9. The van der Waals surface area contributed by atoms with E-state index in [1.807, 2.05) is 24.3 Å². The number of anilines is 1. The fourth-order valence-corrected chi connectivity index (χ4v) is 5.58. The van der Waals surface area contributed by atoms with Crippen LogP contribution in [0.15, 0.2) is 48.5 Å². The van der Waals surface area contributed by atoms with Gasteiger partial charge in [-0.15, -0.1) is 0 Å². The zero-order chi connectivity index (χ0) is 21.8. The van der Waals surface area contributed by atoms with Crippen LogP contribution in [0.1, 0.15) is 48.8 Å². The Kier molecular flexibility index (Phi) is 6.58. The smallest absolute Gasteiger partial charge is 0.238 e. The minimum Gasteiger partial charge on any atom is -0.372 e. The van der Waals surface area contributed by atoms with Gasteiger partial charge in [0.15, 0.2) is 0 Å². The van der Waals surface area contributed by atoms with Crippen molar-refractivity contribution in [3.63, 3.8) is 0 Å². The summed E-state index contributed by atoms with van der Waals surface area (Å²) < 4.78 is 12.7. The molecule has 0 radical (unpaired) electrons. The molecule has 0 bridgehead atoms. The molecule has 2 heterocycles. The molecule has 5 nitrogen and oxygen atoms in total. The molecule has 2 fully saturated rings. The van der Waals surface area contributed by atoms with Crippen molar-refractivity contribution in [1.82, 2.24) is 4.90 Å². The highest BCUT2D eigenvalue weighted by Crippen LogP contribution is 2.38. The number of piperidine rings is 1. The molecule has 2 aliphatic heterocycles. The molecule has 5 rings (SSSR count). The molecule has 2 saturated heterocycles. The summed E-state index contributed by atoms with van der Waals surface area (Å²) in [7, 11) is 0. The highest BCUT2D eigenvalue weighted by Gasteiger charge is 2.47. The van der Waals surface area contributed by atoms with Gasteiger partial charge in [-0.05, 0) is 67.7 Å². The lowest BCUT2D eigenvalue weighted by Crippen LogP contribution is -2.57. The Morgan fingerprint density at radius 1 is 1.06 bits per heavy atom. The molecule has 0 aromatic heterocycles. The molecule has 0 unspecified atom stereocenters. The number of rotatable bonds is 6. The summed E-state index contributed by atoms with van der Waals surface area (Å²) in [5, 5.41) is 3.20. The fourth-order valence-electron chi connectivity index (χ4n) is 5.58. The normalized spacial score (nSPS) is 25.6. The number of carbonyl (C=O) groups is 1. The molecule has 3 aliphatic rings. The van der Waals surface area contributed by atoms with Crippen molar-refractivity contribution in [2.45, 2.75) is 63.3 Å². The lowest BCUT2D eigenvalue weighted by molar-refractivity contribution is -0.159. The Bertz CT molecular complexity index is 924. The largest absolute Gasteiger partial charge is 0.372 e. The number of nitrogens with zero attached hydrogens (tertiary/aromatic N) is 1. The molecular formula is C27H34N2O3. The van der Waals surface area contributed by atoms with Gasteiger partial charge < -0.3 is 14.8 Å². The van der Waals surface area contributed by atoms with Gasteiger partial charge in [0.1, 0.15) is 0 Å². The van der Waals surface area contributed by atoms with E-state index in [0.29, 0.717) is 13.2 Å². The van der Waals surface area contributed by atoms with Crippen LogP contribution in [0.5, 0.6) is 0 Å². The van der Waals surface area contributed by atoms with Crippen molar-refractivity contribution < 1.29 is 14.3 Å². The molecule has 1 amide bonds. The summed E-state index contributed by atoms with van der Waals surface area (Å²) in [5.74, 6) is 0.0640. The second-order valence-electron chi connectivity index (χ2n) is 9.49. The number of aryl methyl sites for hydroxylation is 1. The van der Waals surface area contributed by atoms with Crippen molar-refractivity contribution in [2.24, 2.45) is 0 Å². The second-order valence-corrected chi connectivity index (χ2v) is 9.49. The quantitative estimate of drug-likeness (QED) is 0.735. The highest BCUT2D eigenvalue weighted by atomic mass is 16.6. The van der Waals surface area contributed by atoms with Crippen LogP contribution in [-0.2, 0) is 33.7 Å². The van der Waals surface area contributed by atoms with Crippen molar-refractivity contribution in [3.8, 4) is 0 Å². The number of amides is 1. The third kappa shape index (κ3) is 4.75. The molecule has 1 spiro atoms. The monoisotopic (exact) mass is 434 g/mol. The van der Waals surface area contributed by atoms with E-state index in [2.05, 4.69) is 34.5 Å². The third-order valence-corrected chi connectivity index (χ3v) is 7.33. The molecule has 1 aliphatic carbocycles. The summed E-state index contributed by atoms with van der Waals surface area (Å²) in [6.45, 7) is 3.38. The topological polar surface area (TPSA) is 50.8 Å². The molecule has 170 valence electrons. The third-order valence-electron chi connectivity index (χ3n) is 7.33. The summed E-state index contributed by atoms with van der Waals surface area (Å²) >= 11 is 0. The highest BCUT2D eigenvalue weighted by molar-refractivity contribution is 5.93. The molecule has 2 atom stereocenters. The SMILES string of the molecule is O=C(CN1CC[C@@]2(CCCO2)[C@@H](OCc2ccccc2)C1)Nc1cccc2c1CCCC2. The summed E-state index contributed by atoms with van der Waals surface area (Å²) in [5.41, 5.74) is 4.69. The van der Waals surface area contributed by atoms with Gasteiger partial charge in [0.05, 0.1) is 24.9 Å². The van der Waals surface area contributed by atoms with Gasteiger partial charge >= 0.3 is 0 Å². The van der Waals surface area contributed by atoms with Crippen LogP contribution in [-0.4, -0.2) is 48.8 Å². The van der Waals surface area contributed by atoms with E-state index in [1.165, 1.54) is 29.5 Å². The van der Waals surface area contributed by atoms with Crippen LogP contribution in [0.3, 0.4) is 0 Å². The van der Waals surface area contributed by atoms with Crippen LogP contribution in [0.25, 0.3) is 0 Å². The lowest BCUT2D eigenvalue weighted by atomic mass is 9.85. The molecular weight excluding hydrogens is 400 g/mol. The number of likely N-dealkylation sites (tertiary alicyclic amines) is 1. The maximum absolute atomic E-state index is 12.9. The number of hydrogen-bond acceptors (Lipinski definition) is 4. The van der Waals surface area contributed by atoms with E-state index in [4.69, 9.17) is 9.47 Å². The summed E-state index contributed by atoms with van der Waals surface area (Å²) in [6.07, 6.45) is 7.66. The minimum atomic E-state index is -0.194. The molecule has 2 aromatic carbocycles. The van der Waals surface area contributed by atoms with E-state index in [1.54, 1.807) is 0 Å². The van der Waals surface area contributed by atoms with Gasteiger partial charge in [-0.2, -0.15) is 0 Å². The maximum Gasteiger partial charge on any atom is 0.238 e. The first-order valence-corrected chi connectivity index (χ1v) is 12.1. The Labute approximate surface area is 191 Å². The average molecular weight is 435 g/mol. The van der Waals surface area contributed by atoms with Gasteiger partial charge in [0, 0.05) is 25.4 Å². The number of fused-ring (bicyclic) bond motifs is 1. The lowest BCUT2D eigenvalue weighted by Gasteiger charge is -2.44. The van der Waals surface area contributed by atoms with Crippen LogP contribution in [0, 0.1) is 0 Å². The fraction of sp³-hybridized carbons (Fsp3) is 0.519. The Morgan fingerprint density at radius 3 is 2.78 bits per heavy atom. The Balaban J connectivity index is 1.22. The average Bonchev–Trinajstić information content (AvgIpc) is 3.30. The Morgan fingerprint density at radius 2 is 1.94 bits per heavy atom. The summed E-state index contributed by atoms with van der Waals surface area (Å²) in [6, 6.07) is 16.6. The van der Waals surface area contributed by atoms with Crippen molar-refractivity contribution in [3.05, 3.63) is 65.2 Å². The van der Waals surface area contributed by atoms with Gasteiger partial charge in [-0.3, -0.25) is 9.69 Å². The molecule has 1 N–H and O–H groups in total. The van der Waals surface area contributed by atoms with Crippen molar-refractivity contribution in [1.29, 1.82) is 0 Å². The zero-order valence-corrected chi connectivity index (χ0v) is 18.9. The van der Waals surface area contributed by atoms with Gasteiger partial charge in [0.2, 0.25) is 5.91 Å². The number of benzene rings is 2. The molecule has 0 saturated carbocycles. The molecule has 32 heavy (non-hydrogen) atoms. The predicted molar refractivity (Wildman–Crippen MR) is 126 cm³/mol. The van der Waals surface area contributed by atoms with Crippen LogP contribution in [0.4, 0.5) is 5.69 Å². The van der Waals surface area contributed by atoms with E-state index < -0.39 is 0 Å². The summed E-state index contributed by atoms with van der Waals surface area (Å²) in [4.78, 5) is 15.2. The van der Waals surface area contributed by atoms with E-state index in [9.17, 15) is 4.79 Å². The first-order chi connectivity index (χ1) is 15.7. The van der Waals surface area contributed by atoms with E-state index in [0.717, 1.165) is 57.5 Å². The van der Waals surface area contributed by atoms with E-state index in [-0.39, 0.29) is 17.6 Å². The van der Waals surface area contributed by atoms with Crippen LogP contribution >= 0.6 is 0 Å². The first kappa shape index (κ1) is 21.6. The van der Waals surface area contributed by atoms with E-state index >= 15 is 0 Å². The van der Waals surface area contributed by atoms with Crippen molar-refractivity contribution >= 4 is 11.6 Å². The van der Waals surface area contributed by atoms with Crippen LogP contribution in [0.2, 0.25) is 0 Å². The van der Waals surface area contributed by atoms with Gasteiger partial charge in [-0.1, -0.05) is 42.5 Å². The van der Waals surface area contributed by atoms with Crippen LogP contribution < -0.4 is 5.32 Å². The van der Waals surface area contributed by atoms with Gasteiger partial charge in [0.25, 0.3) is 0 Å². The molecule has 5 heteroatoms. The number of nitrogens with one attached hydrogen (secondary N) is 1. The Hall–Kier alpha value is -2.21. The first-order valence-electron chi connectivity index (χ1n) is 12.1. The standard InChI is InChI=1S/C27H34N2O3/c30-26(28-24-13-6-11-22-10-4-5-12-23(22)24)19-29-16-15-27(14-7-17-32-27)25(18-29)31-20-21-8-2-1-3-9-21/h1-3,6,8-9,11,13,25H,4-5,7,10,12,14-20H2,(H,28,30)/t25-,27-/m0/s1. The number of ether oxygens (including phenoxy) is 2. The zero-order valence-electron chi connectivity index (χ0n) is 18.9. The number of carbonyl (C=O) groups excluding carboxylic acids is 1. The predicted octanol–water partition coefficient (Wildman–Crippen LogP) is 4.34. The number of hydrogen-bond donors (Lipinski definition) is 1. The second kappa shape index (κ2) is 9.74.